The molecule has 8 atom stereocenters. The van der Waals surface area contributed by atoms with Gasteiger partial charge < -0.3 is 39.9 Å². The quantitative estimate of drug-likeness (QED) is 0.0149. The summed E-state index contributed by atoms with van der Waals surface area (Å²) in [6.45, 7) is 3.20. The highest BCUT2D eigenvalue weighted by molar-refractivity contribution is 7.47. The minimum absolute atomic E-state index is 0.0729. The summed E-state index contributed by atoms with van der Waals surface area (Å²) in [4.78, 5) is 35.7. The predicted octanol–water partition coefficient (Wildman–Crippen LogP) is 8.94. The molecule has 0 spiro atoms. The van der Waals surface area contributed by atoms with E-state index in [0.29, 0.717) is 12.8 Å². The first kappa shape index (κ1) is 56.6. The van der Waals surface area contributed by atoms with Gasteiger partial charge in [-0.2, -0.15) is 0 Å². The Morgan fingerprint density at radius 2 is 0.885 bits per heavy atom. The Bertz CT molecular complexity index is 1300. The first-order valence-corrected chi connectivity index (χ1v) is 24.6. The summed E-state index contributed by atoms with van der Waals surface area (Å²) < 4.78 is 33.5. The van der Waals surface area contributed by atoms with Gasteiger partial charge in [0.2, 0.25) is 0 Å². The number of ether oxygens (including phenoxy) is 2. The molecule has 61 heavy (non-hydrogen) atoms. The van der Waals surface area contributed by atoms with Gasteiger partial charge in [0.1, 0.15) is 43.2 Å². The largest absolute Gasteiger partial charge is 0.472 e. The zero-order chi connectivity index (χ0) is 45.0. The lowest BCUT2D eigenvalue weighted by atomic mass is 9.85. The van der Waals surface area contributed by atoms with Crippen LogP contribution in [-0.4, -0.2) is 98.3 Å². The average Bonchev–Trinajstić information content (AvgIpc) is 3.24. The van der Waals surface area contributed by atoms with E-state index in [0.717, 1.165) is 89.9 Å². The molecule has 0 bridgehead atoms. The number of unbranched alkanes of at least 4 members (excludes halogenated alkanes) is 15. The third-order valence-electron chi connectivity index (χ3n) is 10.3. The van der Waals surface area contributed by atoms with Crippen LogP contribution in [0.4, 0.5) is 0 Å². The van der Waals surface area contributed by atoms with Gasteiger partial charge in [0, 0.05) is 12.8 Å². The normalized spacial score (nSPS) is 22.6. The Morgan fingerprint density at radius 1 is 0.508 bits per heavy atom. The second kappa shape index (κ2) is 37.0. The summed E-state index contributed by atoms with van der Waals surface area (Å²) >= 11 is 0. The lowest BCUT2D eigenvalue weighted by molar-refractivity contribution is -0.220. The second-order valence-corrected chi connectivity index (χ2v) is 17.3. The van der Waals surface area contributed by atoms with Crippen LogP contribution in [0.1, 0.15) is 168 Å². The second-order valence-electron chi connectivity index (χ2n) is 15.9. The molecule has 1 aliphatic carbocycles. The van der Waals surface area contributed by atoms with Crippen LogP contribution in [0.2, 0.25) is 0 Å². The zero-order valence-electron chi connectivity index (χ0n) is 37.2. The number of allylic oxidation sites excluding steroid dienone is 10. The van der Waals surface area contributed by atoms with Gasteiger partial charge in [-0.15, -0.1) is 0 Å². The van der Waals surface area contributed by atoms with E-state index >= 15 is 0 Å². The number of carbonyl (C=O) groups is 2. The van der Waals surface area contributed by atoms with Gasteiger partial charge in [0.25, 0.3) is 0 Å². The monoisotopic (exact) mass is 885 g/mol. The molecule has 14 heteroatoms. The van der Waals surface area contributed by atoms with E-state index < -0.39 is 75.7 Å². The number of aliphatic hydroxyl groups is 5. The fourth-order valence-electron chi connectivity index (χ4n) is 6.56. The third-order valence-corrected chi connectivity index (χ3v) is 11.3. The van der Waals surface area contributed by atoms with Crippen molar-refractivity contribution >= 4 is 19.8 Å². The molecular formula is C47H81O13P. The Morgan fingerprint density at radius 3 is 1.34 bits per heavy atom. The Hall–Kier alpha value is -2.45. The van der Waals surface area contributed by atoms with Crippen molar-refractivity contribution in [3.63, 3.8) is 0 Å². The lowest BCUT2D eigenvalue weighted by Crippen LogP contribution is -2.64. The molecule has 13 nitrogen and oxygen atoms in total. The maximum Gasteiger partial charge on any atom is 0.472 e. The fraction of sp³-hybridized carbons (Fsp3) is 0.745. The van der Waals surface area contributed by atoms with Crippen LogP contribution < -0.4 is 0 Å². The van der Waals surface area contributed by atoms with Gasteiger partial charge in [0.15, 0.2) is 6.10 Å². The van der Waals surface area contributed by atoms with E-state index in [-0.39, 0.29) is 12.8 Å². The molecule has 6 N–H and O–H groups in total. The summed E-state index contributed by atoms with van der Waals surface area (Å²) in [5.41, 5.74) is 0. The Kier molecular flexibility index (Phi) is 34.3. The summed E-state index contributed by atoms with van der Waals surface area (Å²) in [6, 6.07) is 0. The first-order valence-electron chi connectivity index (χ1n) is 23.1. The molecule has 0 amide bonds. The number of phosphoric acid groups is 1. The zero-order valence-corrected chi connectivity index (χ0v) is 38.1. The van der Waals surface area contributed by atoms with Crippen LogP contribution in [0.3, 0.4) is 0 Å². The lowest BCUT2D eigenvalue weighted by Gasteiger charge is -2.41. The van der Waals surface area contributed by atoms with Crippen molar-refractivity contribution in [1.29, 1.82) is 0 Å². The van der Waals surface area contributed by atoms with Crippen molar-refractivity contribution in [3.05, 3.63) is 60.8 Å². The van der Waals surface area contributed by atoms with Crippen molar-refractivity contribution in [3.8, 4) is 0 Å². The molecule has 1 aliphatic rings. The van der Waals surface area contributed by atoms with E-state index in [9.17, 15) is 44.6 Å². The summed E-state index contributed by atoms with van der Waals surface area (Å²) in [5, 5.41) is 50.1. The van der Waals surface area contributed by atoms with Gasteiger partial charge in [-0.1, -0.05) is 132 Å². The molecule has 352 valence electrons. The smallest absolute Gasteiger partial charge is 0.462 e. The summed E-state index contributed by atoms with van der Waals surface area (Å²) in [6.07, 6.45) is 31.2. The van der Waals surface area contributed by atoms with E-state index in [4.69, 9.17) is 18.5 Å². The Labute approximate surface area is 366 Å². The minimum Gasteiger partial charge on any atom is -0.462 e. The van der Waals surface area contributed by atoms with E-state index in [1.807, 2.05) is 0 Å². The van der Waals surface area contributed by atoms with Crippen LogP contribution in [0.5, 0.6) is 0 Å². The van der Waals surface area contributed by atoms with Crippen LogP contribution in [-0.2, 0) is 32.7 Å². The van der Waals surface area contributed by atoms with Gasteiger partial charge in [0.05, 0.1) is 6.61 Å². The number of hydrogen-bond donors (Lipinski definition) is 6. The van der Waals surface area contributed by atoms with Crippen molar-refractivity contribution < 1.29 is 63.1 Å². The molecule has 0 heterocycles. The standard InChI is InChI=1S/C47H81O13P/c1-3-5-7-9-11-13-15-17-19-20-22-23-25-27-29-31-33-35-40(48)57-37-39(38-58-61(55,56)60-47-45(53)43(51)42(50)44(52)46(47)54)59-41(49)36-34-32-30-28-26-24-21-18-16-14-12-10-8-6-4-2/h11-14,17-19,21-23,39,42-47,50-54H,3-10,15-16,20,24-38H2,1-2H3,(H,55,56)/t39-,42?,43-,44?,45?,46?,47?/m1/s1. The SMILES string of the molecule is CCCCCC=CCC=CCC=CCCCCCCC(=O)OC[C@H](COP(=O)(O)OC1C(O)C(O)C(O)[C@@H](O)C1O)OC(=O)CCCCCCCC=CCC=CCCCCC. The molecule has 1 rings (SSSR count). The van der Waals surface area contributed by atoms with Crippen LogP contribution >= 0.6 is 7.82 Å². The Balaban J connectivity index is 2.49. The van der Waals surface area contributed by atoms with Gasteiger partial charge in [-0.05, 0) is 83.5 Å². The number of rotatable bonds is 37. The maximum atomic E-state index is 12.8. The number of carbonyl (C=O) groups excluding carboxylic acids is 2. The van der Waals surface area contributed by atoms with E-state index in [1.54, 1.807) is 0 Å². The molecule has 0 aliphatic heterocycles. The van der Waals surface area contributed by atoms with Crippen LogP contribution in [0.25, 0.3) is 0 Å². The van der Waals surface area contributed by atoms with E-state index in [1.165, 1.54) is 38.5 Å². The van der Waals surface area contributed by atoms with Gasteiger partial charge in [-0.25, -0.2) is 4.57 Å². The third kappa shape index (κ3) is 29.5. The average molecular weight is 885 g/mol. The molecule has 1 saturated carbocycles. The first-order chi connectivity index (χ1) is 29.4. The molecule has 0 saturated heterocycles. The van der Waals surface area contributed by atoms with Crippen LogP contribution in [0, 0.1) is 0 Å². The van der Waals surface area contributed by atoms with Crippen molar-refractivity contribution in [1.82, 2.24) is 0 Å². The molecule has 0 aromatic carbocycles. The molecule has 0 aromatic rings. The summed E-state index contributed by atoms with van der Waals surface area (Å²) in [5.74, 6) is -1.14. The molecular weight excluding hydrogens is 803 g/mol. The molecule has 1 fully saturated rings. The number of aliphatic hydroxyl groups excluding tert-OH is 5. The van der Waals surface area contributed by atoms with Gasteiger partial charge >= 0.3 is 19.8 Å². The highest BCUT2D eigenvalue weighted by atomic mass is 31.2. The fourth-order valence-corrected chi connectivity index (χ4v) is 7.53. The summed E-state index contributed by atoms with van der Waals surface area (Å²) in [7, 11) is -5.13. The van der Waals surface area contributed by atoms with Crippen molar-refractivity contribution in [2.45, 2.75) is 211 Å². The van der Waals surface area contributed by atoms with E-state index in [2.05, 4.69) is 74.6 Å². The van der Waals surface area contributed by atoms with Gasteiger partial charge in [-0.3, -0.25) is 18.6 Å². The number of phosphoric ester groups is 1. The van der Waals surface area contributed by atoms with Crippen LogP contribution in [0.15, 0.2) is 60.8 Å². The highest BCUT2D eigenvalue weighted by Gasteiger charge is 2.51. The highest BCUT2D eigenvalue weighted by Crippen LogP contribution is 2.47. The molecule has 0 radical (unpaired) electrons. The maximum absolute atomic E-state index is 12.8. The number of hydrogen-bond acceptors (Lipinski definition) is 12. The topological polar surface area (TPSA) is 210 Å². The molecule has 6 unspecified atom stereocenters. The molecule has 0 aromatic heterocycles. The number of esters is 2. The van der Waals surface area contributed by atoms with Crippen molar-refractivity contribution in [2.75, 3.05) is 13.2 Å². The predicted molar refractivity (Wildman–Crippen MR) is 239 cm³/mol. The van der Waals surface area contributed by atoms with Crippen molar-refractivity contribution in [2.24, 2.45) is 0 Å². The minimum atomic E-state index is -5.13.